The summed E-state index contributed by atoms with van der Waals surface area (Å²) in [5.74, 6) is 1.64. The van der Waals surface area contributed by atoms with Crippen molar-refractivity contribution in [3.63, 3.8) is 0 Å². The van der Waals surface area contributed by atoms with Crippen LogP contribution in [0.5, 0.6) is 11.6 Å². The Labute approximate surface area is 255 Å². The highest BCUT2D eigenvalue weighted by Crippen LogP contribution is 2.31. The predicted octanol–water partition coefficient (Wildman–Crippen LogP) is 5.78. The lowest BCUT2D eigenvalue weighted by Gasteiger charge is -2.31. The minimum atomic E-state index is -0.147. The van der Waals surface area contributed by atoms with Gasteiger partial charge < -0.3 is 18.9 Å². The quantitative estimate of drug-likeness (QED) is 0.207. The van der Waals surface area contributed by atoms with Crippen LogP contribution in [0.25, 0.3) is 11.3 Å². The van der Waals surface area contributed by atoms with Gasteiger partial charge >= 0.3 is 5.97 Å². The van der Waals surface area contributed by atoms with Gasteiger partial charge in [0, 0.05) is 54.9 Å². The average molecular weight is 611 g/mol. The van der Waals surface area contributed by atoms with Gasteiger partial charge in [0.05, 0.1) is 43.8 Å². The molecular formula is C30H33Cl2N7O3. The summed E-state index contributed by atoms with van der Waals surface area (Å²) in [7, 11) is 5.29. The van der Waals surface area contributed by atoms with Gasteiger partial charge in [0.2, 0.25) is 11.8 Å². The van der Waals surface area contributed by atoms with Crippen LogP contribution in [0.4, 0.5) is 5.95 Å². The van der Waals surface area contributed by atoms with Crippen molar-refractivity contribution in [2.45, 2.75) is 32.4 Å². The third-order valence-electron chi connectivity index (χ3n) is 7.15. The van der Waals surface area contributed by atoms with Gasteiger partial charge in [-0.15, -0.1) is 0 Å². The molecule has 1 fully saturated rings. The lowest BCUT2D eigenvalue weighted by Crippen LogP contribution is -2.34. The zero-order chi connectivity index (χ0) is 29.6. The number of hydrogen-bond acceptors (Lipinski definition) is 9. The van der Waals surface area contributed by atoms with Crippen molar-refractivity contribution in [3.05, 3.63) is 76.6 Å². The second-order valence-corrected chi connectivity index (χ2v) is 11.4. The molecule has 0 saturated carbocycles. The van der Waals surface area contributed by atoms with Crippen molar-refractivity contribution in [2.24, 2.45) is 13.0 Å². The number of pyridine rings is 1. The summed E-state index contributed by atoms with van der Waals surface area (Å²) in [5.41, 5.74) is 3.44. The molecule has 0 unspecified atom stereocenters. The molecule has 0 radical (unpaired) electrons. The predicted molar refractivity (Wildman–Crippen MR) is 162 cm³/mol. The van der Waals surface area contributed by atoms with Crippen LogP contribution in [-0.2, 0) is 29.7 Å². The molecule has 1 aliphatic heterocycles. The summed E-state index contributed by atoms with van der Waals surface area (Å²) in [6.45, 7) is 3.06. The summed E-state index contributed by atoms with van der Waals surface area (Å²) < 4.78 is 12.9. The molecule has 0 spiro atoms. The van der Waals surface area contributed by atoms with Crippen LogP contribution in [0.2, 0.25) is 10.0 Å². The molecule has 1 aromatic carbocycles. The Kier molecular flexibility index (Phi) is 9.56. The van der Waals surface area contributed by atoms with Gasteiger partial charge in [-0.3, -0.25) is 9.69 Å². The van der Waals surface area contributed by atoms with Gasteiger partial charge in [0.1, 0.15) is 0 Å². The molecule has 10 nitrogen and oxygen atoms in total. The average Bonchev–Trinajstić information content (AvgIpc) is 3.38. The fraction of sp³-hybridized carbons (Fsp3) is 0.367. The van der Waals surface area contributed by atoms with Crippen molar-refractivity contribution >= 4 is 35.1 Å². The van der Waals surface area contributed by atoms with Crippen LogP contribution < -0.4 is 9.64 Å². The van der Waals surface area contributed by atoms with E-state index >= 15 is 0 Å². The highest BCUT2D eigenvalue weighted by molar-refractivity contribution is 6.35. The van der Waals surface area contributed by atoms with E-state index in [4.69, 9.17) is 37.7 Å². The summed E-state index contributed by atoms with van der Waals surface area (Å²) in [4.78, 5) is 34.1. The maximum absolute atomic E-state index is 11.7. The number of aromatic nitrogens is 5. The van der Waals surface area contributed by atoms with Crippen molar-refractivity contribution in [1.82, 2.24) is 29.4 Å². The van der Waals surface area contributed by atoms with Crippen LogP contribution in [0.3, 0.4) is 0 Å². The van der Waals surface area contributed by atoms with Crippen LogP contribution in [0, 0.1) is 5.92 Å². The number of aryl methyl sites for hydroxylation is 1. The van der Waals surface area contributed by atoms with E-state index in [1.807, 2.05) is 54.0 Å². The van der Waals surface area contributed by atoms with Crippen LogP contribution >= 0.6 is 23.2 Å². The Hall–Kier alpha value is -3.73. The van der Waals surface area contributed by atoms with E-state index in [1.165, 1.54) is 7.11 Å². The Balaban J connectivity index is 1.32. The third-order valence-corrected chi connectivity index (χ3v) is 7.59. The van der Waals surface area contributed by atoms with Crippen LogP contribution in [0.15, 0.2) is 55.2 Å². The van der Waals surface area contributed by atoms with E-state index in [2.05, 4.69) is 19.9 Å². The maximum Gasteiger partial charge on any atom is 0.305 e. The van der Waals surface area contributed by atoms with Crippen LogP contribution in [0.1, 0.15) is 30.5 Å². The van der Waals surface area contributed by atoms with Gasteiger partial charge in [-0.1, -0.05) is 23.2 Å². The standard InChI is InChI=1S/C30H33Cl2N7O3/c1-37-17-25(35-19-37)18-38(2)30-33-14-26(15-34-30)42-28-9-21(8-27(36-28)22-11-23(31)13-24(32)12-22)16-39-6-4-20(5-7-39)10-29(40)41-3/h8-9,11-15,17,19-20H,4-7,10,16,18H2,1-3H3. The summed E-state index contributed by atoms with van der Waals surface area (Å²) in [5, 5.41) is 1.05. The van der Waals surface area contributed by atoms with Crippen LogP contribution in [-0.4, -0.2) is 62.6 Å². The zero-order valence-electron chi connectivity index (χ0n) is 23.8. The number of benzene rings is 1. The highest BCUT2D eigenvalue weighted by atomic mass is 35.5. The molecule has 0 aliphatic carbocycles. The number of carbonyl (C=O) groups is 1. The number of rotatable bonds is 10. The lowest BCUT2D eigenvalue weighted by atomic mass is 9.93. The van der Waals surface area contributed by atoms with E-state index < -0.39 is 0 Å². The number of nitrogens with zero attached hydrogens (tertiary/aromatic N) is 7. The number of carbonyl (C=O) groups excluding carboxylic acids is 1. The third kappa shape index (κ3) is 7.96. The summed E-state index contributed by atoms with van der Waals surface area (Å²) >= 11 is 12.6. The van der Waals surface area contributed by atoms with Gasteiger partial charge in [-0.05, 0) is 61.7 Å². The van der Waals surface area contributed by atoms with Gasteiger partial charge in [0.25, 0.3) is 0 Å². The Morgan fingerprint density at radius 2 is 1.76 bits per heavy atom. The molecule has 12 heteroatoms. The largest absolute Gasteiger partial charge is 0.469 e. The molecule has 42 heavy (non-hydrogen) atoms. The number of ether oxygens (including phenoxy) is 2. The first-order valence-corrected chi connectivity index (χ1v) is 14.4. The fourth-order valence-corrected chi connectivity index (χ4v) is 5.55. The van der Waals surface area contributed by atoms with Crippen molar-refractivity contribution in [2.75, 3.05) is 32.1 Å². The first kappa shape index (κ1) is 29.8. The van der Waals surface area contributed by atoms with Crippen molar-refractivity contribution < 1.29 is 14.3 Å². The van der Waals surface area contributed by atoms with Crippen molar-refractivity contribution in [3.8, 4) is 22.9 Å². The number of halogens is 2. The molecule has 1 saturated heterocycles. The van der Waals surface area contributed by atoms with E-state index in [9.17, 15) is 4.79 Å². The first-order chi connectivity index (χ1) is 20.2. The Morgan fingerprint density at radius 3 is 2.40 bits per heavy atom. The molecule has 4 heterocycles. The second kappa shape index (κ2) is 13.5. The van der Waals surface area contributed by atoms with Gasteiger partial charge in [0.15, 0.2) is 5.75 Å². The number of anilines is 1. The minimum Gasteiger partial charge on any atom is -0.469 e. The molecule has 220 valence electrons. The van der Waals surface area contributed by atoms with Gasteiger partial charge in [-0.2, -0.15) is 0 Å². The molecular weight excluding hydrogens is 577 g/mol. The molecule has 0 atom stereocenters. The molecule has 3 aromatic heterocycles. The number of imidazole rings is 1. The lowest BCUT2D eigenvalue weighted by molar-refractivity contribution is -0.142. The summed E-state index contributed by atoms with van der Waals surface area (Å²) in [6.07, 6.45) is 9.35. The SMILES string of the molecule is COC(=O)CC1CCN(Cc2cc(Oc3cnc(N(C)Cc4cn(C)cn4)nc3)nc(-c3cc(Cl)cc(Cl)c3)c2)CC1. The first-order valence-electron chi connectivity index (χ1n) is 13.7. The zero-order valence-corrected chi connectivity index (χ0v) is 25.3. The smallest absolute Gasteiger partial charge is 0.305 e. The Bertz CT molecular complexity index is 1500. The molecule has 0 bridgehead atoms. The molecule has 4 aromatic rings. The number of methoxy groups -OCH3 is 1. The normalized spacial score (nSPS) is 14.1. The number of likely N-dealkylation sites (tertiary alicyclic amines) is 1. The molecule has 0 amide bonds. The molecule has 5 rings (SSSR count). The molecule has 0 N–H and O–H groups in total. The monoisotopic (exact) mass is 609 g/mol. The molecule has 1 aliphatic rings. The number of piperidine rings is 1. The van der Waals surface area contributed by atoms with E-state index in [-0.39, 0.29) is 5.97 Å². The second-order valence-electron chi connectivity index (χ2n) is 10.6. The topological polar surface area (TPSA) is 98.5 Å². The minimum absolute atomic E-state index is 0.147. The van der Waals surface area contributed by atoms with Gasteiger partial charge in [-0.25, -0.2) is 19.9 Å². The fourth-order valence-electron chi connectivity index (χ4n) is 5.02. The number of hydrogen-bond donors (Lipinski definition) is 0. The Morgan fingerprint density at radius 1 is 1.05 bits per heavy atom. The van der Waals surface area contributed by atoms with E-state index in [0.717, 1.165) is 42.8 Å². The van der Waals surface area contributed by atoms with Crippen molar-refractivity contribution in [1.29, 1.82) is 0 Å². The summed E-state index contributed by atoms with van der Waals surface area (Å²) in [6, 6.07) is 9.31. The maximum atomic E-state index is 11.7. The van der Waals surface area contributed by atoms with E-state index in [1.54, 1.807) is 24.8 Å². The highest BCUT2D eigenvalue weighted by Gasteiger charge is 2.22. The van der Waals surface area contributed by atoms with E-state index in [0.29, 0.717) is 58.7 Å². The number of esters is 1.